The number of hydrogen-bond acceptors (Lipinski definition) is 5. The van der Waals surface area contributed by atoms with Gasteiger partial charge in [0.25, 0.3) is 0 Å². The minimum absolute atomic E-state index is 0.161. The van der Waals surface area contributed by atoms with Gasteiger partial charge in [0.15, 0.2) is 0 Å². The van der Waals surface area contributed by atoms with E-state index < -0.39 is 10.0 Å². The van der Waals surface area contributed by atoms with Gasteiger partial charge < -0.3 is 10.1 Å². The predicted molar refractivity (Wildman–Crippen MR) is 108 cm³/mol. The third kappa shape index (κ3) is 5.24. The van der Waals surface area contributed by atoms with E-state index in [1.807, 2.05) is 37.4 Å². The minimum atomic E-state index is -3.73. The number of sulfonamides is 1. The quantitative estimate of drug-likeness (QED) is 0.680. The van der Waals surface area contributed by atoms with Gasteiger partial charge in [-0.1, -0.05) is 18.2 Å². The summed E-state index contributed by atoms with van der Waals surface area (Å²) < 4.78 is 31.6. The Balaban J connectivity index is 2.05. The first-order valence-corrected chi connectivity index (χ1v) is 11.0. The Hall–Kier alpha value is -2.03. The standard InChI is InChI=1S/C19H24N2O4S2/c1-14(17-7-5-6-8-18(17)25-3)20-19(22)13-21(2)27(23,24)16-11-9-15(26-4)10-12-16/h5-12,14H,13H2,1-4H3,(H,20,22)/t14-/m0/s1. The maximum absolute atomic E-state index is 12.6. The minimum Gasteiger partial charge on any atom is -0.496 e. The number of carbonyl (C=O) groups excluding carboxylic acids is 1. The SMILES string of the molecule is COc1ccccc1[C@H](C)NC(=O)CN(C)S(=O)(=O)c1ccc(SC)cc1. The van der Waals surface area contributed by atoms with Crippen molar-refractivity contribution >= 4 is 27.7 Å². The number of nitrogens with zero attached hydrogens (tertiary/aromatic N) is 1. The maximum atomic E-state index is 12.6. The number of nitrogens with one attached hydrogen (secondary N) is 1. The highest BCUT2D eigenvalue weighted by atomic mass is 32.2. The van der Waals surface area contributed by atoms with E-state index in [9.17, 15) is 13.2 Å². The summed E-state index contributed by atoms with van der Waals surface area (Å²) in [5, 5.41) is 2.82. The Kier molecular flexibility index (Phi) is 7.29. The molecule has 0 heterocycles. The topological polar surface area (TPSA) is 75.7 Å². The van der Waals surface area contributed by atoms with Crippen LogP contribution in [0.4, 0.5) is 0 Å². The highest BCUT2D eigenvalue weighted by Gasteiger charge is 2.24. The molecule has 1 atom stereocenters. The van der Waals surface area contributed by atoms with Crippen molar-refractivity contribution in [2.45, 2.75) is 22.8 Å². The summed E-state index contributed by atoms with van der Waals surface area (Å²) in [5.74, 6) is 0.278. The van der Waals surface area contributed by atoms with Gasteiger partial charge in [-0.15, -0.1) is 11.8 Å². The van der Waals surface area contributed by atoms with Crippen LogP contribution in [0.2, 0.25) is 0 Å². The van der Waals surface area contributed by atoms with Crippen molar-refractivity contribution in [1.29, 1.82) is 0 Å². The average molecular weight is 409 g/mol. The van der Waals surface area contributed by atoms with Crippen LogP contribution in [0.5, 0.6) is 5.75 Å². The van der Waals surface area contributed by atoms with Gasteiger partial charge in [-0.3, -0.25) is 4.79 Å². The van der Waals surface area contributed by atoms with Crippen LogP contribution in [-0.4, -0.2) is 45.6 Å². The molecule has 0 spiro atoms. The number of thioether (sulfide) groups is 1. The van der Waals surface area contributed by atoms with Crippen LogP contribution < -0.4 is 10.1 Å². The number of hydrogen-bond donors (Lipinski definition) is 1. The second-order valence-corrected chi connectivity index (χ2v) is 8.89. The number of amides is 1. The van der Waals surface area contributed by atoms with Crippen LogP contribution in [0.3, 0.4) is 0 Å². The van der Waals surface area contributed by atoms with E-state index in [2.05, 4.69) is 5.32 Å². The number of ether oxygens (including phenoxy) is 1. The third-order valence-electron chi connectivity index (χ3n) is 4.12. The summed E-state index contributed by atoms with van der Waals surface area (Å²) in [6, 6.07) is 13.6. The van der Waals surface area contributed by atoms with E-state index >= 15 is 0 Å². The van der Waals surface area contributed by atoms with Crippen LogP contribution in [0, 0.1) is 0 Å². The molecule has 0 aromatic heterocycles. The van der Waals surface area contributed by atoms with Gasteiger partial charge in [-0.05, 0) is 43.5 Å². The predicted octanol–water partition coefficient (Wildman–Crippen LogP) is 2.92. The van der Waals surface area contributed by atoms with Crippen molar-refractivity contribution < 1.29 is 17.9 Å². The van der Waals surface area contributed by atoms with Gasteiger partial charge in [0, 0.05) is 17.5 Å². The molecule has 2 aromatic rings. The first-order chi connectivity index (χ1) is 12.8. The Labute approximate surface area is 165 Å². The number of benzene rings is 2. The molecule has 0 bridgehead atoms. The number of likely N-dealkylation sites (N-methyl/N-ethyl adjacent to an activating group) is 1. The smallest absolute Gasteiger partial charge is 0.243 e. The average Bonchev–Trinajstić information content (AvgIpc) is 2.67. The van der Waals surface area contributed by atoms with Crippen molar-refractivity contribution in [2.75, 3.05) is 27.0 Å². The molecule has 0 fully saturated rings. The first-order valence-electron chi connectivity index (χ1n) is 8.32. The Morgan fingerprint density at radius 2 is 1.81 bits per heavy atom. The molecule has 6 nitrogen and oxygen atoms in total. The van der Waals surface area contributed by atoms with Gasteiger partial charge in [0.2, 0.25) is 15.9 Å². The van der Waals surface area contributed by atoms with E-state index in [0.29, 0.717) is 5.75 Å². The molecule has 8 heteroatoms. The van der Waals surface area contributed by atoms with Gasteiger partial charge in [0.1, 0.15) is 5.75 Å². The van der Waals surface area contributed by atoms with Crippen molar-refractivity contribution in [3.8, 4) is 5.75 Å². The fourth-order valence-electron chi connectivity index (χ4n) is 2.60. The van der Waals surface area contributed by atoms with Crippen LogP contribution >= 0.6 is 11.8 Å². The zero-order valence-corrected chi connectivity index (χ0v) is 17.4. The van der Waals surface area contributed by atoms with Gasteiger partial charge >= 0.3 is 0 Å². The van der Waals surface area contributed by atoms with Crippen LogP contribution in [0.1, 0.15) is 18.5 Å². The number of para-hydroxylation sites is 1. The van der Waals surface area contributed by atoms with Gasteiger partial charge in [0.05, 0.1) is 24.6 Å². The normalized spacial score (nSPS) is 12.6. The van der Waals surface area contributed by atoms with Crippen molar-refractivity contribution in [3.05, 3.63) is 54.1 Å². The lowest BCUT2D eigenvalue weighted by molar-refractivity contribution is -0.121. The zero-order chi connectivity index (χ0) is 20.0. The zero-order valence-electron chi connectivity index (χ0n) is 15.8. The first kappa shape index (κ1) is 21.3. The van der Waals surface area contributed by atoms with Crippen LogP contribution in [-0.2, 0) is 14.8 Å². The number of rotatable bonds is 8. The largest absolute Gasteiger partial charge is 0.496 e. The van der Waals surface area contributed by atoms with Crippen LogP contribution in [0.25, 0.3) is 0 Å². The van der Waals surface area contributed by atoms with Crippen LogP contribution in [0.15, 0.2) is 58.3 Å². The molecule has 0 aliphatic carbocycles. The molecule has 27 heavy (non-hydrogen) atoms. The van der Waals surface area contributed by atoms with Gasteiger partial charge in [-0.25, -0.2) is 8.42 Å². The van der Waals surface area contributed by atoms with E-state index in [1.54, 1.807) is 31.4 Å². The Morgan fingerprint density at radius 1 is 1.19 bits per heavy atom. The van der Waals surface area contributed by atoms with E-state index in [-0.39, 0.29) is 23.4 Å². The molecular weight excluding hydrogens is 384 g/mol. The summed E-state index contributed by atoms with van der Waals surface area (Å²) in [4.78, 5) is 13.5. The second-order valence-electron chi connectivity index (χ2n) is 5.97. The fourth-order valence-corrected chi connectivity index (χ4v) is 4.14. The molecule has 0 radical (unpaired) electrons. The lowest BCUT2D eigenvalue weighted by atomic mass is 10.1. The number of methoxy groups -OCH3 is 1. The lowest BCUT2D eigenvalue weighted by Gasteiger charge is -2.20. The summed E-state index contributed by atoms with van der Waals surface area (Å²) in [5.41, 5.74) is 0.825. The number of carbonyl (C=O) groups is 1. The molecule has 0 aliphatic heterocycles. The molecule has 1 N–H and O–H groups in total. The molecule has 0 saturated heterocycles. The molecule has 0 unspecified atom stereocenters. The maximum Gasteiger partial charge on any atom is 0.243 e. The van der Waals surface area contributed by atoms with E-state index in [0.717, 1.165) is 14.8 Å². The van der Waals surface area contributed by atoms with Crippen molar-refractivity contribution in [2.24, 2.45) is 0 Å². The monoisotopic (exact) mass is 408 g/mol. The Morgan fingerprint density at radius 3 is 2.41 bits per heavy atom. The summed E-state index contributed by atoms with van der Waals surface area (Å²) >= 11 is 1.53. The highest BCUT2D eigenvalue weighted by Crippen LogP contribution is 2.24. The molecule has 146 valence electrons. The third-order valence-corrected chi connectivity index (χ3v) is 6.68. The molecule has 1 amide bonds. The van der Waals surface area contributed by atoms with E-state index in [4.69, 9.17) is 4.74 Å². The molecule has 0 aliphatic rings. The van der Waals surface area contributed by atoms with Crippen molar-refractivity contribution in [3.63, 3.8) is 0 Å². The fraction of sp³-hybridized carbons (Fsp3) is 0.316. The molecule has 2 rings (SSSR count). The Bertz CT molecular complexity index is 883. The molecule has 0 saturated carbocycles. The summed E-state index contributed by atoms with van der Waals surface area (Å²) in [7, 11) is -0.774. The summed E-state index contributed by atoms with van der Waals surface area (Å²) in [6.45, 7) is 1.55. The molecular formula is C19H24N2O4S2. The lowest BCUT2D eigenvalue weighted by Crippen LogP contribution is -2.39. The molecule has 2 aromatic carbocycles. The van der Waals surface area contributed by atoms with E-state index in [1.165, 1.54) is 18.8 Å². The van der Waals surface area contributed by atoms with Gasteiger partial charge in [-0.2, -0.15) is 4.31 Å². The second kappa shape index (κ2) is 9.25. The van der Waals surface area contributed by atoms with Crippen molar-refractivity contribution in [1.82, 2.24) is 9.62 Å². The summed E-state index contributed by atoms with van der Waals surface area (Å²) in [6.07, 6.45) is 1.92. The highest BCUT2D eigenvalue weighted by molar-refractivity contribution is 7.98.